The fourth-order valence-electron chi connectivity index (χ4n) is 4.36. The molecule has 1 aliphatic carbocycles. The van der Waals surface area contributed by atoms with Crippen molar-refractivity contribution in [3.8, 4) is 0 Å². The molecule has 0 spiro atoms. The third-order valence-corrected chi connectivity index (χ3v) is 6.35. The molecule has 4 heteroatoms. The molecule has 1 amide bonds. The number of halogens is 1. The van der Waals surface area contributed by atoms with Gasteiger partial charge in [-0.25, -0.2) is 0 Å². The van der Waals surface area contributed by atoms with Crippen molar-refractivity contribution in [1.82, 2.24) is 10.2 Å². The van der Waals surface area contributed by atoms with Crippen LogP contribution in [0.5, 0.6) is 0 Å². The van der Waals surface area contributed by atoms with Gasteiger partial charge in [0.2, 0.25) is 5.91 Å². The maximum Gasteiger partial charge on any atom is 0.233 e. The summed E-state index contributed by atoms with van der Waals surface area (Å²) in [5.41, 5.74) is 0.957. The molecule has 1 aromatic carbocycles. The molecule has 3 aliphatic rings. The Hall–Kier alpha value is -0.870. The minimum Gasteiger partial charge on any atom is -0.340 e. The Kier molecular flexibility index (Phi) is 3.77. The van der Waals surface area contributed by atoms with Gasteiger partial charge in [0.15, 0.2) is 0 Å². The predicted octanol–water partition coefficient (Wildman–Crippen LogP) is 3.22. The molecule has 2 atom stereocenters. The smallest absolute Gasteiger partial charge is 0.233 e. The molecule has 2 bridgehead atoms. The largest absolute Gasteiger partial charge is 0.340 e. The van der Waals surface area contributed by atoms with Crippen molar-refractivity contribution in [2.75, 3.05) is 13.1 Å². The van der Waals surface area contributed by atoms with Crippen LogP contribution in [0.1, 0.15) is 44.1 Å². The van der Waals surface area contributed by atoms with Crippen molar-refractivity contribution in [2.24, 2.45) is 0 Å². The van der Waals surface area contributed by atoms with Crippen LogP contribution in [0.25, 0.3) is 0 Å². The Labute approximate surface area is 140 Å². The van der Waals surface area contributed by atoms with E-state index in [2.05, 4.69) is 50.4 Å². The molecule has 3 nitrogen and oxygen atoms in total. The van der Waals surface area contributed by atoms with Gasteiger partial charge in [0.05, 0.1) is 5.41 Å². The fraction of sp³-hybridized carbons (Fsp3) is 0.611. The van der Waals surface area contributed by atoms with Crippen molar-refractivity contribution in [2.45, 2.75) is 56.0 Å². The van der Waals surface area contributed by atoms with Gasteiger partial charge in [-0.3, -0.25) is 4.79 Å². The fourth-order valence-corrected chi connectivity index (χ4v) is 4.62. The van der Waals surface area contributed by atoms with Gasteiger partial charge in [-0.2, -0.15) is 0 Å². The molecule has 2 unspecified atom stereocenters. The molecule has 3 fully saturated rings. The number of nitrogens with zero attached hydrogens (tertiary/aromatic N) is 1. The Morgan fingerprint density at radius 1 is 1.14 bits per heavy atom. The summed E-state index contributed by atoms with van der Waals surface area (Å²) in [7, 11) is 0. The summed E-state index contributed by atoms with van der Waals surface area (Å²) in [5.74, 6) is 0.371. The highest BCUT2D eigenvalue weighted by molar-refractivity contribution is 9.10. The molecule has 2 heterocycles. The summed E-state index contributed by atoms with van der Waals surface area (Å²) in [5, 5.41) is 3.67. The van der Waals surface area contributed by atoms with Crippen molar-refractivity contribution in [1.29, 1.82) is 0 Å². The molecule has 22 heavy (non-hydrogen) atoms. The van der Waals surface area contributed by atoms with Gasteiger partial charge in [-0.05, 0) is 49.8 Å². The highest BCUT2D eigenvalue weighted by Gasteiger charge is 2.48. The van der Waals surface area contributed by atoms with E-state index in [0.717, 1.165) is 36.8 Å². The van der Waals surface area contributed by atoms with Crippen molar-refractivity contribution < 1.29 is 4.79 Å². The van der Waals surface area contributed by atoms with Gasteiger partial charge >= 0.3 is 0 Å². The number of carbonyl (C=O) groups excluding carboxylic acids is 1. The molecule has 1 N–H and O–H groups in total. The van der Waals surface area contributed by atoms with Gasteiger partial charge < -0.3 is 10.2 Å². The number of fused-ring (bicyclic) bond motifs is 2. The van der Waals surface area contributed by atoms with Crippen molar-refractivity contribution in [3.05, 3.63) is 34.3 Å². The maximum atomic E-state index is 13.3. The summed E-state index contributed by atoms with van der Waals surface area (Å²) >= 11 is 3.49. The summed E-state index contributed by atoms with van der Waals surface area (Å²) < 4.78 is 1.08. The highest BCUT2D eigenvalue weighted by atomic mass is 79.9. The number of carbonyl (C=O) groups is 1. The third kappa shape index (κ3) is 2.41. The molecule has 0 aromatic heterocycles. The molecule has 1 saturated carbocycles. The van der Waals surface area contributed by atoms with E-state index in [-0.39, 0.29) is 5.41 Å². The number of benzene rings is 1. The number of nitrogens with one attached hydrogen (secondary N) is 1. The molecule has 0 radical (unpaired) electrons. The van der Waals surface area contributed by atoms with Gasteiger partial charge in [-0.15, -0.1) is 0 Å². The normalized spacial score (nSPS) is 29.8. The molecule has 1 aromatic rings. The number of amides is 1. The van der Waals surface area contributed by atoms with E-state index in [1.807, 2.05) is 0 Å². The average molecular weight is 363 g/mol. The summed E-state index contributed by atoms with van der Waals surface area (Å²) in [4.78, 5) is 15.5. The lowest BCUT2D eigenvalue weighted by Gasteiger charge is -2.44. The first-order valence-corrected chi connectivity index (χ1v) is 9.28. The summed E-state index contributed by atoms with van der Waals surface area (Å²) in [6.45, 7) is 1.82. The second-order valence-corrected chi connectivity index (χ2v) is 8.04. The number of rotatable bonds is 2. The topological polar surface area (TPSA) is 32.3 Å². The molecule has 2 saturated heterocycles. The van der Waals surface area contributed by atoms with Crippen LogP contribution in [-0.2, 0) is 10.2 Å². The third-order valence-electron chi connectivity index (χ3n) is 5.82. The minimum absolute atomic E-state index is 0.246. The van der Waals surface area contributed by atoms with Crippen LogP contribution in [0, 0.1) is 0 Å². The number of hydrogen-bond donors (Lipinski definition) is 1. The zero-order chi connectivity index (χ0) is 15.2. The summed E-state index contributed by atoms with van der Waals surface area (Å²) in [6.07, 6.45) is 6.79. The van der Waals surface area contributed by atoms with Crippen molar-refractivity contribution >= 4 is 21.8 Å². The lowest BCUT2D eigenvalue weighted by Crippen LogP contribution is -2.53. The minimum atomic E-state index is -0.246. The van der Waals surface area contributed by atoms with Crippen molar-refractivity contribution in [3.63, 3.8) is 0 Å². The monoisotopic (exact) mass is 362 g/mol. The van der Waals surface area contributed by atoms with E-state index in [1.165, 1.54) is 24.8 Å². The molecule has 4 rings (SSSR count). The molecule has 2 aliphatic heterocycles. The van der Waals surface area contributed by atoms with E-state index in [1.54, 1.807) is 0 Å². The Morgan fingerprint density at radius 2 is 1.86 bits per heavy atom. The van der Waals surface area contributed by atoms with Gasteiger partial charge in [0.25, 0.3) is 0 Å². The van der Waals surface area contributed by atoms with Crippen LogP contribution in [0.15, 0.2) is 28.7 Å². The average Bonchev–Trinajstić information content (AvgIpc) is 2.79. The first kappa shape index (κ1) is 14.7. The quantitative estimate of drug-likeness (QED) is 0.875. The molecular weight excluding hydrogens is 340 g/mol. The number of hydrogen-bond acceptors (Lipinski definition) is 2. The van der Waals surface area contributed by atoms with Gasteiger partial charge in [-0.1, -0.05) is 34.5 Å². The van der Waals surface area contributed by atoms with Crippen LogP contribution in [0.2, 0.25) is 0 Å². The van der Waals surface area contributed by atoms with E-state index >= 15 is 0 Å². The lowest BCUT2D eigenvalue weighted by atomic mass is 9.63. The SMILES string of the molecule is O=C(N1CCC2CCC(C1)N2)C1(c2ccc(Br)cc2)CCC1. The zero-order valence-electron chi connectivity index (χ0n) is 12.9. The van der Waals surface area contributed by atoms with Crippen LogP contribution in [0.3, 0.4) is 0 Å². The summed E-state index contributed by atoms with van der Waals surface area (Å²) in [6, 6.07) is 9.53. The van der Waals surface area contributed by atoms with Crippen LogP contribution < -0.4 is 5.32 Å². The first-order valence-electron chi connectivity index (χ1n) is 8.49. The van der Waals surface area contributed by atoms with Crippen LogP contribution in [-0.4, -0.2) is 36.0 Å². The first-order chi connectivity index (χ1) is 10.7. The van der Waals surface area contributed by atoms with E-state index in [4.69, 9.17) is 0 Å². The molecule has 118 valence electrons. The van der Waals surface area contributed by atoms with Gasteiger partial charge in [0.1, 0.15) is 0 Å². The predicted molar refractivity (Wildman–Crippen MR) is 90.8 cm³/mol. The van der Waals surface area contributed by atoms with E-state index in [9.17, 15) is 4.79 Å². The van der Waals surface area contributed by atoms with Crippen LogP contribution in [0.4, 0.5) is 0 Å². The Morgan fingerprint density at radius 3 is 2.55 bits per heavy atom. The zero-order valence-corrected chi connectivity index (χ0v) is 14.4. The van der Waals surface area contributed by atoms with E-state index in [0.29, 0.717) is 18.0 Å². The molecular formula is C18H23BrN2O. The lowest BCUT2D eigenvalue weighted by molar-refractivity contribution is -0.141. The second-order valence-electron chi connectivity index (χ2n) is 7.12. The van der Waals surface area contributed by atoms with E-state index < -0.39 is 0 Å². The number of likely N-dealkylation sites (tertiary alicyclic amines) is 1. The maximum absolute atomic E-state index is 13.3. The van der Waals surface area contributed by atoms with Gasteiger partial charge in [0, 0.05) is 29.6 Å². The second kappa shape index (κ2) is 5.64. The van der Waals surface area contributed by atoms with Crippen LogP contribution >= 0.6 is 15.9 Å². The Balaban J connectivity index is 1.58. The standard InChI is InChI=1S/C18H23BrN2O/c19-14-4-2-13(3-5-14)18(9-1-10-18)17(22)21-11-8-15-6-7-16(12-21)20-15/h2-5,15-16,20H,1,6-12H2. The Bertz CT molecular complexity index is 567. The highest BCUT2D eigenvalue weighted by Crippen LogP contribution is 2.45.